The highest BCUT2D eigenvalue weighted by atomic mass is 16.7. The molecule has 21 heavy (non-hydrogen) atoms. The molecule has 1 aliphatic heterocycles. The molecule has 5 nitrogen and oxygen atoms in total. The lowest BCUT2D eigenvalue weighted by molar-refractivity contribution is -0.264. The number of hydrogen-bond acceptors (Lipinski definition) is 5. The molecule has 120 valence electrons. The average molecular weight is 298 g/mol. The van der Waals surface area contributed by atoms with Crippen molar-refractivity contribution in [3.63, 3.8) is 0 Å². The molecule has 0 aromatic carbocycles. The smallest absolute Gasteiger partial charge is 0.236 e. The number of ketones is 1. The fraction of sp³-hybridized carbons (Fsp3) is 0.812. The van der Waals surface area contributed by atoms with Crippen molar-refractivity contribution in [2.24, 2.45) is 5.92 Å². The number of rotatable bonds is 6. The third-order valence-corrected chi connectivity index (χ3v) is 4.58. The van der Waals surface area contributed by atoms with Gasteiger partial charge in [0.1, 0.15) is 5.60 Å². The molecular weight excluding hydrogens is 272 g/mol. The molecule has 1 saturated heterocycles. The van der Waals surface area contributed by atoms with E-state index in [2.05, 4.69) is 0 Å². The highest BCUT2D eigenvalue weighted by molar-refractivity contribution is 5.88. The summed E-state index contributed by atoms with van der Waals surface area (Å²) in [4.78, 5) is 12.4. The minimum Gasteiger partial charge on any atom is -0.374 e. The molecule has 1 aliphatic carbocycles. The number of epoxide rings is 1. The zero-order chi connectivity index (χ0) is 15.7. The van der Waals surface area contributed by atoms with Crippen molar-refractivity contribution in [3.05, 3.63) is 11.6 Å². The van der Waals surface area contributed by atoms with Gasteiger partial charge in [-0.1, -0.05) is 11.6 Å². The van der Waals surface area contributed by atoms with E-state index < -0.39 is 5.79 Å². The van der Waals surface area contributed by atoms with Crippen LogP contribution in [0.4, 0.5) is 0 Å². The van der Waals surface area contributed by atoms with Gasteiger partial charge in [0.2, 0.25) is 5.79 Å². The van der Waals surface area contributed by atoms with E-state index in [1.807, 2.05) is 26.8 Å². The Bertz CT molecular complexity index is 416. The Morgan fingerprint density at radius 1 is 1.43 bits per heavy atom. The van der Waals surface area contributed by atoms with E-state index in [-0.39, 0.29) is 23.4 Å². The monoisotopic (exact) mass is 298 g/mol. The van der Waals surface area contributed by atoms with Gasteiger partial charge in [0.25, 0.3) is 0 Å². The summed E-state index contributed by atoms with van der Waals surface area (Å²) in [6.45, 7) is 7.15. The van der Waals surface area contributed by atoms with Gasteiger partial charge in [-0.25, -0.2) is 0 Å². The summed E-state index contributed by atoms with van der Waals surface area (Å²) < 4.78 is 22.7. The van der Waals surface area contributed by atoms with E-state index in [1.165, 1.54) is 19.8 Å². The summed E-state index contributed by atoms with van der Waals surface area (Å²) in [5, 5.41) is 0. The second-order valence-electron chi connectivity index (χ2n) is 6.15. The largest absolute Gasteiger partial charge is 0.374 e. The third kappa shape index (κ3) is 2.93. The van der Waals surface area contributed by atoms with Gasteiger partial charge < -0.3 is 18.9 Å². The van der Waals surface area contributed by atoms with E-state index in [4.69, 9.17) is 18.9 Å². The molecule has 1 saturated carbocycles. The van der Waals surface area contributed by atoms with E-state index in [0.717, 1.165) is 0 Å². The second kappa shape index (κ2) is 6.16. The summed E-state index contributed by atoms with van der Waals surface area (Å²) in [6, 6.07) is 0. The lowest BCUT2D eigenvalue weighted by Gasteiger charge is -2.45. The molecule has 0 aromatic rings. The van der Waals surface area contributed by atoms with Crippen molar-refractivity contribution >= 4 is 5.78 Å². The van der Waals surface area contributed by atoms with Gasteiger partial charge in [0.05, 0.1) is 25.2 Å². The lowest BCUT2D eigenvalue weighted by atomic mass is 9.71. The van der Waals surface area contributed by atoms with Crippen LogP contribution in [-0.4, -0.2) is 50.7 Å². The Balaban J connectivity index is 2.21. The van der Waals surface area contributed by atoms with Crippen molar-refractivity contribution in [2.45, 2.75) is 51.1 Å². The van der Waals surface area contributed by atoms with Crippen molar-refractivity contribution in [3.8, 4) is 0 Å². The fourth-order valence-corrected chi connectivity index (χ4v) is 3.36. The normalized spacial score (nSPS) is 32.0. The zero-order valence-corrected chi connectivity index (χ0v) is 13.6. The average Bonchev–Trinajstić information content (AvgIpc) is 3.21. The number of methoxy groups -OCH3 is 2. The number of ether oxygens (including phenoxy) is 4. The molecule has 2 aliphatic rings. The molecule has 0 N–H and O–H groups in total. The Hall–Kier alpha value is -0.750. The molecule has 5 heteroatoms. The molecule has 0 aromatic heterocycles. The predicted molar refractivity (Wildman–Crippen MR) is 78.0 cm³/mol. The quantitative estimate of drug-likeness (QED) is 0.427. The minimum atomic E-state index is -1.26. The molecule has 0 radical (unpaired) electrons. The van der Waals surface area contributed by atoms with E-state index in [9.17, 15) is 4.79 Å². The van der Waals surface area contributed by atoms with E-state index in [1.54, 1.807) is 0 Å². The third-order valence-electron chi connectivity index (χ3n) is 4.58. The zero-order valence-electron chi connectivity index (χ0n) is 13.6. The summed E-state index contributed by atoms with van der Waals surface area (Å²) in [5.41, 5.74) is 0.855. The molecule has 2 unspecified atom stereocenters. The first kappa shape index (κ1) is 16.6. The van der Waals surface area contributed by atoms with Crippen LogP contribution >= 0.6 is 0 Å². The van der Waals surface area contributed by atoms with Crippen molar-refractivity contribution < 1.29 is 23.7 Å². The van der Waals surface area contributed by atoms with Crippen molar-refractivity contribution in [2.75, 3.05) is 27.4 Å². The predicted octanol–water partition coefficient (Wildman–Crippen LogP) is 2.09. The molecule has 3 atom stereocenters. The highest BCUT2D eigenvalue weighted by Gasteiger charge is 2.68. The first-order valence-corrected chi connectivity index (χ1v) is 7.44. The van der Waals surface area contributed by atoms with Crippen LogP contribution in [0.15, 0.2) is 11.6 Å². The van der Waals surface area contributed by atoms with Gasteiger partial charge in [-0.05, 0) is 27.2 Å². The van der Waals surface area contributed by atoms with Crippen LogP contribution in [0, 0.1) is 5.92 Å². The molecule has 1 spiro atoms. The standard InChI is InChI=1S/C16H26O5/c1-11(2)7-9-20-12(3)14-15(10-21-15)8-6-13(17)16(14,18-4)19-5/h7,12,14H,6,8-10H2,1-5H3/t12?,14-,15?/m1/s1. The maximum atomic E-state index is 12.4. The topological polar surface area (TPSA) is 57.3 Å². The van der Waals surface area contributed by atoms with Gasteiger partial charge in [-0.2, -0.15) is 0 Å². The van der Waals surface area contributed by atoms with Crippen LogP contribution in [0.25, 0.3) is 0 Å². The molecule has 2 fully saturated rings. The molecule has 2 rings (SSSR count). The Labute approximate surface area is 126 Å². The van der Waals surface area contributed by atoms with Crippen LogP contribution in [0.2, 0.25) is 0 Å². The fourth-order valence-electron chi connectivity index (χ4n) is 3.36. The summed E-state index contributed by atoms with van der Waals surface area (Å²) in [7, 11) is 3.03. The van der Waals surface area contributed by atoms with E-state index in [0.29, 0.717) is 26.1 Å². The van der Waals surface area contributed by atoms with Crippen molar-refractivity contribution in [1.82, 2.24) is 0 Å². The Morgan fingerprint density at radius 2 is 2.05 bits per heavy atom. The first-order chi connectivity index (χ1) is 9.92. The maximum Gasteiger partial charge on any atom is 0.236 e. The molecular formula is C16H26O5. The van der Waals surface area contributed by atoms with E-state index >= 15 is 0 Å². The Kier molecular flexibility index (Phi) is 4.88. The van der Waals surface area contributed by atoms with Crippen LogP contribution in [0.5, 0.6) is 0 Å². The van der Waals surface area contributed by atoms with Gasteiger partial charge in [0.15, 0.2) is 5.78 Å². The number of allylic oxidation sites excluding steroid dienone is 1. The second-order valence-corrected chi connectivity index (χ2v) is 6.15. The van der Waals surface area contributed by atoms with Crippen LogP contribution in [-0.2, 0) is 23.7 Å². The van der Waals surface area contributed by atoms with Crippen LogP contribution < -0.4 is 0 Å². The lowest BCUT2D eigenvalue weighted by Crippen LogP contribution is -2.62. The number of hydrogen-bond donors (Lipinski definition) is 0. The SMILES string of the molecule is COC1(OC)C(=O)CCC2(CO2)[C@H]1C(C)OCC=C(C)C. The number of Topliss-reactive ketones (excluding diaryl/α,β-unsaturated/α-hetero) is 1. The van der Waals surface area contributed by atoms with Crippen LogP contribution in [0.3, 0.4) is 0 Å². The summed E-state index contributed by atoms with van der Waals surface area (Å²) >= 11 is 0. The molecule has 0 bridgehead atoms. The van der Waals surface area contributed by atoms with Crippen molar-refractivity contribution in [1.29, 1.82) is 0 Å². The Morgan fingerprint density at radius 3 is 2.52 bits per heavy atom. The van der Waals surface area contributed by atoms with Crippen LogP contribution in [0.1, 0.15) is 33.6 Å². The van der Waals surface area contributed by atoms with Gasteiger partial charge in [-0.3, -0.25) is 4.79 Å². The number of carbonyl (C=O) groups excluding carboxylic acids is 1. The number of carbonyl (C=O) groups is 1. The highest BCUT2D eigenvalue weighted by Crippen LogP contribution is 2.52. The van der Waals surface area contributed by atoms with Gasteiger partial charge >= 0.3 is 0 Å². The molecule has 0 amide bonds. The summed E-state index contributed by atoms with van der Waals surface area (Å²) in [5.74, 6) is -1.55. The minimum absolute atomic E-state index is 0.0312. The first-order valence-electron chi connectivity index (χ1n) is 7.44. The molecule has 1 heterocycles. The van der Waals surface area contributed by atoms with Gasteiger partial charge in [0, 0.05) is 20.6 Å². The summed E-state index contributed by atoms with van der Waals surface area (Å²) in [6.07, 6.45) is 2.94. The van der Waals surface area contributed by atoms with Gasteiger partial charge in [-0.15, -0.1) is 0 Å². The maximum absolute atomic E-state index is 12.4.